The Morgan fingerprint density at radius 1 is 1.24 bits per heavy atom. The van der Waals surface area contributed by atoms with E-state index in [1.807, 2.05) is 0 Å². The van der Waals surface area contributed by atoms with Gasteiger partial charge in [-0.3, -0.25) is 4.79 Å². The minimum atomic E-state index is -1.65. The second-order valence-electron chi connectivity index (χ2n) is 3.89. The van der Waals surface area contributed by atoms with Crippen LogP contribution >= 0.6 is 0 Å². The van der Waals surface area contributed by atoms with Crippen LogP contribution in [0.2, 0.25) is 0 Å². The molecule has 2 atom stereocenters. The molecule has 0 aliphatic carbocycles. The van der Waals surface area contributed by atoms with Crippen molar-refractivity contribution >= 4 is 5.78 Å². The summed E-state index contributed by atoms with van der Waals surface area (Å²) in [6, 6.07) is 1.09. The van der Waals surface area contributed by atoms with E-state index in [4.69, 9.17) is 10.5 Å². The Balaban J connectivity index is 2.34. The molecule has 0 bridgehead atoms. The van der Waals surface area contributed by atoms with Gasteiger partial charge in [0.25, 0.3) is 0 Å². The number of nitrogens with two attached hydrogens (primary N) is 1. The fourth-order valence-corrected chi connectivity index (χ4v) is 1.76. The van der Waals surface area contributed by atoms with Crippen molar-refractivity contribution < 1.29 is 22.7 Å². The zero-order chi connectivity index (χ0) is 12.6. The van der Waals surface area contributed by atoms with E-state index >= 15 is 0 Å². The second-order valence-corrected chi connectivity index (χ2v) is 3.89. The van der Waals surface area contributed by atoms with E-state index in [1.54, 1.807) is 0 Å². The molecule has 1 heterocycles. The number of hydrogen-bond donors (Lipinski definition) is 1. The number of benzene rings is 1. The Hall–Kier alpha value is -1.40. The van der Waals surface area contributed by atoms with Gasteiger partial charge in [0.2, 0.25) is 0 Å². The summed E-state index contributed by atoms with van der Waals surface area (Å²) in [5.41, 5.74) is 5.11. The van der Waals surface area contributed by atoms with Crippen molar-refractivity contribution in [3.05, 3.63) is 35.1 Å². The first kappa shape index (κ1) is 12.1. The van der Waals surface area contributed by atoms with Crippen molar-refractivity contribution in [2.24, 2.45) is 11.7 Å². The van der Waals surface area contributed by atoms with Gasteiger partial charge in [0.05, 0.1) is 24.7 Å². The molecule has 0 radical (unpaired) electrons. The van der Waals surface area contributed by atoms with Crippen LogP contribution in [0.4, 0.5) is 13.2 Å². The molecule has 1 fully saturated rings. The lowest BCUT2D eigenvalue weighted by atomic mass is 9.93. The standard InChI is InChI=1S/C11H10F3NO2/c12-7-2-1-5(9(13)10(7)14)11(16)6-3-17-4-8(6)15/h1-2,6,8H,3-4,15H2. The molecule has 1 aliphatic heterocycles. The maximum absolute atomic E-state index is 13.4. The minimum absolute atomic E-state index is 0.0679. The molecule has 2 unspecified atom stereocenters. The minimum Gasteiger partial charge on any atom is -0.379 e. The largest absolute Gasteiger partial charge is 0.379 e. The van der Waals surface area contributed by atoms with Gasteiger partial charge in [-0.1, -0.05) is 0 Å². The summed E-state index contributed by atoms with van der Waals surface area (Å²) in [7, 11) is 0. The molecule has 0 amide bonds. The van der Waals surface area contributed by atoms with Gasteiger partial charge in [-0.2, -0.15) is 0 Å². The van der Waals surface area contributed by atoms with Crippen LogP contribution < -0.4 is 5.73 Å². The molecule has 2 rings (SSSR count). The van der Waals surface area contributed by atoms with Gasteiger partial charge in [0.15, 0.2) is 23.2 Å². The highest BCUT2D eigenvalue weighted by Gasteiger charge is 2.34. The molecular weight excluding hydrogens is 235 g/mol. The van der Waals surface area contributed by atoms with E-state index in [0.717, 1.165) is 6.07 Å². The topological polar surface area (TPSA) is 52.3 Å². The number of rotatable bonds is 2. The molecule has 0 aromatic heterocycles. The summed E-state index contributed by atoms with van der Waals surface area (Å²) < 4.78 is 44.0. The smallest absolute Gasteiger partial charge is 0.195 e. The van der Waals surface area contributed by atoms with Crippen LogP contribution in [0.25, 0.3) is 0 Å². The Morgan fingerprint density at radius 3 is 2.53 bits per heavy atom. The SMILES string of the molecule is NC1COCC1C(=O)c1ccc(F)c(F)c1F. The first-order chi connectivity index (χ1) is 8.02. The van der Waals surface area contributed by atoms with Crippen LogP contribution in [0.3, 0.4) is 0 Å². The second kappa shape index (κ2) is 4.46. The number of ketones is 1. The summed E-state index contributed by atoms with van der Waals surface area (Å²) in [6.45, 7) is 0.264. The number of Topliss-reactive ketones (excluding diaryl/α,β-unsaturated/α-hetero) is 1. The van der Waals surface area contributed by atoms with Crippen LogP contribution in [0.15, 0.2) is 12.1 Å². The van der Waals surface area contributed by atoms with Gasteiger partial charge in [-0.15, -0.1) is 0 Å². The Kier molecular flexibility index (Phi) is 3.17. The van der Waals surface area contributed by atoms with Gasteiger partial charge in [-0.25, -0.2) is 13.2 Å². The predicted octanol–water partition coefficient (Wildman–Crippen LogP) is 1.26. The van der Waals surface area contributed by atoms with Crippen molar-refractivity contribution in [1.82, 2.24) is 0 Å². The number of carbonyl (C=O) groups is 1. The van der Waals surface area contributed by atoms with E-state index < -0.39 is 40.8 Å². The molecule has 0 spiro atoms. The van der Waals surface area contributed by atoms with E-state index in [-0.39, 0.29) is 13.2 Å². The average molecular weight is 245 g/mol. The third-order valence-electron chi connectivity index (χ3n) is 2.76. The highest BCUT2D eigenvalue weighted by Crippen LogP contribution is 2.22. The molecule has 17 heavy (non-hydrogen) atoms. The number of hydrogen-bond acceptors (Lipinski definition) is 3. The number of carbonyl (C=O) groups excluding carboxylic acids is 1. The van der Waals surface area contributed by atoms with E-state index in [0.29, 0.717) is 6.07 Å². The molecular formula is C11H10F3NO2. The monoisotopic (exact) mass is 245 g/mol. The molecule has 0 saturated carbocycles. The average Bonchev–Trinajstić information content (AvgIpc) is 2.72. The third-order valence-corrected chi connectivity index (χ3v) is 2.76. The predicted molar refractivity (Wildman–Crippen MR) is 52.9 cm³/mol. The highest BCUT2D eigenvalue weighted by molar-refractivity contribution is 5.98. The third kappa shape index (κ3) is 2.05. The summed E-state index contributed by atoms with van der Waals surface area (Å²) in [5.74, 6) is -5.83. The Labute approximate surface area is 95.4 Å². The highest BCUT2D eigenvalue weighted by atomic mass is 19.2. The Morgan fingerprint density at radius 2 is 1.94 bits per heavy atom. The van der Waals surface area contributed by atoms with Gasteiger partial charge >= 0.3 is 0 Å². The van der Waals surface area contributed by atoms with E-state index in [9.17, 15) is 18.0 Å². The first-order valence-electron chi connectivity index (χ1n) is 5.03. The fraction of sp³-hybridized carbons (Fsp3) is 0.364. The fourth-order valence-electron chi connectivity index (χ4n) is 1.76. The lowest BCUT2D eigenvalue weighted by Crippen LogP contribution is -2.34. The molecule has 1 aromatic carbocycles. The molecule has 3 nitrogen and oxygen atoms in total. The van der Waals surface area contributed by atoms with Crippen molar-refractivity contribution in [2.45, 2.75) is 6.04 Å². The first-order valence-corrected chi connectivity index (χ1v) is 5.03. The molecule has 6 heteroatoms. The zero-order valence-electron chi connectivity index (χ0n) is 8.75. The maximum Gasteiger partial charge on any atom is 0.195 e. The molecule has 1 aliphatic rings. The number of ether oxygens (including phenoxy) is 1. The summed E-state index contributed by atoms with van der Waals surface area (Å²) in [4.78, 5) is 11.9. The van der Waals surface area contributed by atoms with Crippen molar-refractivity contribution in [3.63, 3.8) is 0 Å². The number of halogens is 3. The molecule has 1 aromatic rings. The normalized spacial score (nSPS) is 24.0. The maximum atomic E-state index is 13.4. The van der Waals surface area contributed by atoms with Gasteiger partial charge in [-0.05, 0) is 12.1 Å². The van der Waals surface area contributed by atoms with Crippen molar-refractivity contribution in [2.75, 3.05) is 13.2 Å². The quantitative estimate of drug-likeness (QED) is 0.630. The van der Waals surface area contributed by atoms with Crippen LogP contribution in [0.5, 0.6) is 0 Å². The van der Waals surface area contributed by atoms with Crippen LogP contribution in [-0.4, -0.2) is 25.0 Å². The van der Waals surface area contributed by atoms with Gasteiger partial charge in [0, 0.05) is 6.04 Å². The van der Waals surface area contributed by atoms with Crippen LogP contribution in [-0.2, 0) is 4.74 Å². The van der Waals surface area contributed by atoms with Crippen LogP contribution in [0.1, 0.15) is 10.4 Å². The Bertz CT molecular complexity index is 464. The molecule has 2 N–H and O–H groups in total. The summed E-state index contributed by atoms with van der Waals surface area (Å²) in [6.07, 6.45) is 0. The zero-order valence-corrected chi connectivity index (χ0v) is 8.75. The molecule has 92 valence electrons. The lowest BCUT2D eigenvalue weighted by Gasteiger charge is -2.12. The van der Waals surface area contributed by atoms with E-state index in [1.165, 1.54) is 0 Å². The van der Waals surface area contributed by atoms with Gasteiger partial charge < -0.3 is 10.5 Å². The van der Waals surface area contributed by atoms with Crippen LogP contribution in [0, 0.1) is 23.4 Å². The summed E-state index contributed by atoms with van der Waals surface area (Å²) >= 11 is 0. The van der Waals surface area contributed by atoms with Gasteiger partial charge in [0.1, 0.15) is 0 Å². The van der Waals surface area contributed by atoms with Crippen molar-refractivity contribution in [3.8, 4) is 0 Å². The summed E-state index contributed by atoms with van der Waals surface area (Å²) in [5, 5.41) is 0. The van der Waals surface area contributed by atoms with Crippen molar-refractivity contribution in [1.29, 1.82) is 0 Å². The lowest BCUT2D eigenvalue weighted by molar-refractivity contribution is 0.0890. The molecule has 1 saturated heterocycles. The van der Waals surface area contributed by atoms with E-state index in [2.05, 4.69) is 0 Å².